The number of aromatic nitrogens is 2. The fourth-order valence-corrected chi connectivity index (χ4v) is 1.92. The molecule has 0 spiro atoms. The van der Waals surface area contributed by atoms with Crippen LogP contribution in [-0.4, -0.2) is 22.6 Å². The van der Waals surface area contributed by atoms with Crippen LogP contribution in [0.1, 0.15) is 35.3 Å². The molecule has 1 atom stereocenters. The summed E-state index contributed by atoms with van der Waals surface area (Å²) < 4.78 is 0. The van der Waals surface area contributed by atoms with Crippen LogP contribution >= 0.6 is 0 Å². The van der Waals surface area contributed by atoms with Crippen molar-refractivity contribution >= 4 is 11.6 Å². The molecule has 0 saturated carbocycles. The molecule has 1 amide bonds. The van der Waals surface area contributed by atoms with E-state index in [2.05, 4.69) is 34.6 Å². The number of nitrogens with two attached hydrogens (primary N) is 1. The molecular weight excluding hydrogens is 240 g/mol. The first-order valence-electron chi connectivity index (χ1n) is 6.30. The molecular formula is C14H18N4O. The number of aromatic amines is 1. The topological polar surface area (TPSA) is 83.8 Å². The van der Waals surface area contributed by atoms with Crippen LogP contribution < -0.4 is 11.1 Å². The Bertz CT molecular complexity index is 535. The zero-order chi connectivity index (χ0) is 13.7. The van der Waals surface area contributed by atoms with Crippen LogP contribution in [-0.2, 0) is 0 Å². The summed E-state index contributed by atoms with van der Waals surface area (Å²) in [6.45, 7) is 2.75. The maximum absolute atomic E-state index is 11.8. The van der Waals surface area contributed by atoms with E-state index < -0.39 is 0 Å². The lowest BCUT2D eigenvalue weighted by Gasteiger charge is -2.12. The van der Waals surface area contributed by atoms with Crippen LogP contribution in [0.15, 0.2) is 36.5 Å². The molecule has 19 heavy (non-hydrogen) atoms. The normalized spacial score (nSPS) is 12.1. The van der Waals surface area contributed by atoms with Gasteiger partial charge < -0.3 is 11.1 Å². The summed E-state index contributed by atoms with van der Waals surface area (Å²) in [7, 11) is 0. The molecule has 0 aliphatic heterocycles. The van der Waals surface area contributed by atoms with Crippen LogP contribution in [0.3, 0.4) is 0 Å². The van der Waals surface area contributed by atoms with Crippen molar-refractivity contribution in [2.75, 3.05) is 12.3 Å². The van der Waals surface area contributed by atoms with Crippen LogP contribution in [0, 0.1) is 0 Å². The highest BCUT2D eigenvalue weighted by atomic mass is 16.1. The molecule has 0 aliphatic rings. The largest absolute Gasteiger partial charge is 0.396 e. The van der Waals surface area contributed by atoms with Gasteiger partial charge in [-0.1, -0.05) is 37.3 Å². The number of benzene rings is 1. The Morgan fingerprint density at radius 3 is 2.79 bits per heavy atom. The van der Waals surface area contributed by atoms with E-state index in [4.69, 9.17) is 5.73 Å². The first kappa shape index (κ1) is 13.1. The van der Waals surface area contributed by atoms with E-state index in [1.165, 1.54) is 11.8 Å². The first-order valence-corrected chi connectivity index (χ1v) is 6.30. The maximum Gasteiger partial charge on any atom is 0.271 e. The molecule has 0 saturated heterocycles. The van der Waals surface area contributed by atoms with Gasteiger partial charge in [0.05, 0.1) is 11.9 Å². The lowest BCUT2D eigenvalue weighted by atomic mass is 9.98. The Hall–Kier alpha value is -2.30. The summed E-state index contributed by atoms with van der Waals surface area (Å²) in [5, 5.41) is 9.15. The molecule has 1 heterocycles. The number of amides is 1. The maximum atomic E-state index is 11.8. The number of nitrogens with one attached hydrogen (secondary N) is 2. The molecule has 0 aliphatic carbocycles. The van der Waals surface area contributed by atoms with E-state index >= 15 is 0 Å². The van der Waals surface area contributed by atoms with Gasteiger partial charge in [-0.05, 0) is 17.9 Å². The number of rotatable bonds is 5. The number of carbonyl (C=O) groups is 1. The monoisotopic (exact) mass is 258 g/mol. The van der Waals surface area contributed by atoms with Crippen molar-refractivity contribution in [3.8, 4) is 0 Å². The zero-order valence-corrected chi connectivity index (χ0v) is 10.9. The van der Waals surface area contributed by atoms with Crippen molar-refractivity contribution in [1.29, 1.82) is 0 Å². The van der Waals surface area contributed by atoms with Crippen molar-refractivity contribution in [1.82, 2.24) is 15.5 Å². The first-order chi connectivity index (χ1) is 9.18. The van der Waals surface area contributed by atoms with Crippen LogP contribution in [0.5, 0.6) is 0 Å². The third kappa shape index (κ3) is 3.34. The standard InChI is InChI=1S/C14H18N4O/c1-10(11-5-3-2-4-6-11)7-8-16-14(19)13-12(15)9-17-18-13/h2-6,9-10H,7-8,15H2,1H3,(H,16,19)(H,17,18). The fourth-order valence-electron chi connectivity index (χ4n) is 1.92. The predicted octanol–water partition coefficient (Wildman–Crippen LogP) is 1.92. The second-order valence-electron chi connectivity index (χ2n) is 4.56. The van der Waals surface area contributed by atoms with Crippen LogP contribution in [0.25, 0.3) is 0 Å². The summed E-state index contributed by atoms with van der Waals surface area (Å²) in [6.07, 6.45) is 2.31. The average Bonchev–Trinajstić information content (AvgIpc) is 2.86. The van der Waals surface area contributed by atoms with Gasteiger partial charge >= 0.3 is 0 Å². The highest BCUT2D eigenvalue weighted by Crippen LogP contribution is 2.17. The molecule has 4 N–H and O–H groups in total. The molecule has 0 fully saturated rings. The van der Waals surface area contributed by atoms with E-state index in [0.717, 1.165) is 6.42 Å². The highest BCUT2D eigenvalue weighted by Gasteiger charge is 2.11. The van der Waals surface area contributed by atoms with Gasteiger partial charge in [-0.2, -0.15) is 5.10 Å². The molecule has 1 aromatic heterocycles. The minimum absolute atomic E-state index is 0.213. The second-order valence-corrected chi connectivity index (χ2v) is 4.56. The van der Waals surface area contributed by atoms with E-state index in [1.807, 2.05) is 18.2 Å². The van der Waals surface area contributed by atoms with Gasteiger partial charge in [0, 0.05) is 6.54 Å². The molecule has 0 radical (unpaired) electrons. The molecule has 5 nitrogen and oxygen atoms in total. The molecule has 1 aromatic carbocycles. The summed E-state index contributed by atoms with van der Waals surface area (Å²) in [5.41, 5.74) is 7.58. The SMILES string of the molecule is CC(CCNC(=O)c1[nH]ncc1N)c1ccccc1. The molecule has 2 rings (SSSR count). The number of carbonyl (C=O) groups excluding carboxylic acids is 1. The minimum atomic E-state index is -0.213. The smallest absolute Gasteiger partial charge is 0.271 e. The van der Waals surface area contributed by atoms with Crippen molar-refractivity contribution in [3.05, 3.63) is 47.8 Å². The van der Waals surface area contributed by atoms with Gasteiger partial charge in [0.15, 0.2) is 0 Å². The Morgan fingerprint density at radius 1 is 1.42 bits per heavy atom. The molecule has 2 aromatic rings. The third-order valence-electron chi connectivity index (χ3n) is 3.13. The summed E-state index contributed by atoms with van der Waals surface area (Å²) >= 11 is 0. The summed E-state index contributed by atoms with van der Waals surface area (Å²) in [6, 6.07) is 10.2. The number of H-pyrrole nitrogens is 1. The lowest BCUT2D eigenvalue weighted by molar-refractivity contribution is 0.0948. The van der Waals surface area contributed by atoms with Crippen molar-refractivity contribution in [2.45, 2.75) is 19.3 Å². The molecule has 1 unspecified atom stereocenters. The third-order valence-corrected chi connectivity index (χ3v) is 3.13. The Morgan fingerprint density at radius 2 is 2.16 bits per heavy atom. The molecule has 100 valence electrons. The van der Waals surface area contributed by atoms with Gasteiger partial charge in [0.1, 0.15) is 5.69 Å². The number of nitrogens with zero attached hydrogens (tertiary/aromatic N) is 1. The van der Waals surface area contributed by atoms with E-state index in [0.29, 0.717) is 23.8 Å². The van der Waals surface area contributed by atoms with Crippen molar-refractivity contribution < 1.29 is 4.79 Å². The van der Waals surface area contributed by atoms with E-state index in [-0.39, 0.29) is 5.91 Å². The summed E-state index contributed by atoms with van der Waals surface area (Å²) in [4.78, 5) is 11.8. The van der Waals surface area contributed by atoms with Crippen LogP contribution in [0.2, 0.25) is 0 Å². The fraction of sp³-hybridized carbons (Fsp3) is 0.286. The minimum Gasteiger partial charge on any atom is -0.396 e. The quantitative estimate of drug-likeness (QED) is 0.766. The van der Waals surface area contributed by atoms with Crippen LogP contribution in [0.4, 0.5) is 5.69 Å². The Balaban J connectivity index is 1.81. The molecule has 5 heteroatoms. The van der Waals surface area contributed by atoms with Gasteiger partial charge in [-0.15, -0.1) is 0 Å². The summed E-state index contributed by atoms with van der Waals surface area (Å²) in [5.74, 6) is 0.191. The highest BCUT2D eigenvalue weighted by molar-refractivity contribution is 5.96. The zero-order valence-electron chi connectivity index (χ0n) is 10.9. The Kier molecular flexibility index (Phi) is 4.18. The van der Waals surface area contributed by atoms with Gasteiger partial charge in [0.25, 0.3) is 5.91 Å². The number of hydrogen-bond acceptors (Lipinski definition) is 3. The predicted molar refractivity (Wildman–Crippen MR) is 74.8 cm³/mol. The van der Waals surface area contributed by atoms with Crippen molar-refractivity contribution in [3.63, 3.8) is 0 Å². The van der Waals surface area contributed by atoms with Gasteiger partial charge in [0.2, 0.25) is 0 Å². The van der Waals surface area contributed by atoms with Gasteiger partial charge in [-0.3, -0.25) is 9.89 Å². The van der Waals surface area contributed by atoms with E-state index in [1.54, 1.807) is 0 Å². The lowest BCUT2D eigenvalue weighted by Crippen LogP contribution is -2.26. The Labute approximate surface area is 112 Å². The van der Waals surface area contributed by atoms with Crippen molar-refractivity contribution in [2.24, 2.45) is 0 Å². The number of anilines is 1. The van der Waals surface area contributed by atoms with E-state index in [9.17, 15) is 4.79 Å². The average molecular weight is 258 g/mol. The number of nitrogen functional groups attached to an aromatic ring is 1. The second kappa shape index (κ2) is 6.04. The van der Waals surface area contributed by atoms with Gasteiger partial charge in [-0.25, -0.2) is 0 Å². The molecule has 0 bridgehead atoms. The number of hydrogen-bond donors (Lipinski definition) is 3.